The Morgan fingerprint density at radius 1 is 1.31 bits per heavy atom. The van der Waals surface area contributed by atoms with E-state index < -0.39 is 0 Å². The summed E-state index contributed by atoms with van der Waals surface area (Å²) >= 11 is 8.52. The smallest absolute Gasteiger partial charge is 0.181 e. The van der Waals surface area contributed by atoms with Crippen molar-refractivity contribution in [3.8, 4) is 10.7 Å². The predicted molar refractivity (Wildman–Crippen MR) is 70.4 cm³/mol. The van der Waals surface area contributed by atoms with Gasteiger partial charge in [0.1, 0.15) is 11.8 Å². The number of fused-ring (bicyclic) bond motifs is 1. The minimum Gasteiger partial charge on any atom is -0.335 e. The molecule has 3 aromatic heterocycles. The van der Waals surface area contributed by atoms with Crippen LogP contribution in [0.1, 0.15) is 0 Å². The van der Waals surface area contributed by atoms with E-state index in [1.54, 1.807) is 17.5 Å². The molecule has 1 N–H and O–H groups in total. The Labute approximate surface area is 111 Å². The second-order valence-electron chi connectivity index (χ2n) is 3.08. The van der Waals surface area contributed by atoms with Crippen molar-refractivity contribution in [2.75, 3.05) is 0 Å². The number of hydrogen-bond acceptors (Lipinski definition) is 4. The third kappa shape index (κ3) is 1.68. The lowest BCUT2D eigenvalue weighted by atomic mass is 10.4. The van der Waals surface area contributed by atoms with Gasteiger partial charge in [0.05, 0.1) is 14.9 Å². The van der Waals surface area contributed by atoms with Crippen molar-refractivity contribution in [1.29, 1.82) is 0 Å². The summed E-state index contributed by atoms with van der Waals surface area (Å²) in [6.45, 7) is 0. The molecule has 4 nitrogen and oxygen atoms in total. The van der Waals surface area contributed by atoms with Gasteiger partial charge in [0.15, 0.2) is 11.5 Å². The van der Waals surface area contributed by atoms with E-state index in [-0.39, 0.29) is 0 Å². The molecule has 0 bridgehead atoms. The first-order valence-electron chi connectivity index (χ1n) is 4.35. The zero-order chi connectivity index (χ0) is 11.1. The lowest BCUT2D eigenvalue weighted by Gasteiger charge is -1.86. The Balaban J connectivity index is 2.18. The van der Waals surface area contributed by atoms with Crippen LogP contribution in [0.4, 0.5) is 0 Å². The van der Waals surface area contributed by atoms with Crippen LogP contribution >= 0.6 is 43.2 Å². The van der Waals surface area contributed by atoms with Crippen LogP contribution in [0.25, 0.3) is 21.9 Å². The molecule has 0 aliphatic heterocycles. The first kappa shape index (κ1) is 10.4. The fraction of sp³-hybridized carbons (Fsp3) is 0. The van der Waals surface area contributed by atoms with Gasteiger partial charge in [-0.1, -0.05) is 0 Å². The normalized spacial score (nSPS) is 11.1. The molecule has 0 unspecified atom stereocenters. The summed E-state index contributed by atoms with van der Waals surface area (Å²) in [5.41, 5.74) is 1.53. The van der Waals surface area contributed by atoms with E-state index in [2.05, 4.69) is 51.8 Å². The maximum absolute atomic E-state index is 4.40. The molecule has 0 saturated carbocycles. The van der Waals surface area contributed by atoms with Crippen LogP contribution in [0.3, 0.4) is 0 Å². The van der Waals surface area contributed by atoms with E-state index in [1.807, 2.05) is 6.07 Å². The number of rotatable bonds is 1. The second-order valence-corrected chi connectivity index (χ2v) is 6.30. The Kier molecular flexibility index (Phi) is 2.53. The van der Waals surface area contributed by atoms with Crippen molar-refractivity contribution < 1.29 is 0 Å². The fourth-order valence-electron chi connectivity index (χ4n) is 1.34. The van der Waals surface area contributed by atoms with Crippen LogP contribution in [-0.4, -0.2) is 19.9 Å². The zero-order valence-electron chi connectivity index (χ0n) is 7.74. The van der Waals surface area contributed by atoms with Crippen molar-refractivity contribution >= 4 is 54.4 Å². The zero-order valence-corrected chi connectivity index (χ0v) is 11.7. The highest BCUT2D eigenvalue weighted by molar-refractivity contribution is 9.13. The first-order valence-corrected chi connectivity index (χ1v) is 6.75. The van der Waals surface area contributed by atoms with Gasteiger partial charge in [-0.15, -0.1) is 11.3 Å². The van der Waals surface area contributed by atoms with Crippen molar-refractivity contribution in [2.45, 2.75) is 0 Å². The Hall–Kier alpha value is -0.790. The lowest BCUT2D eigenvalue weighted by Crippen LogP contribution is -1.76. The number of aromatic nitrogens is 4. The van der Waals surface area contributed by atoms with Crippen LogP contribution in [-0.2, 0) is 0 Å². The molecule has 0 spiro atoms. The van der Waals surface area contributed by atoms with E-state index in [0.29, 0.717) is 5.65 Å². The highest BCUT2D eigenvalue weighted by Gasteiger charge is 2.10. The van der Waals surface area contributed by atoms with E-state index in [1.165, 1.54) is 6.33 Å². The molecule has 0 amide bonds. The highest BCUT2D eigenvalue weighted by atomic mass is 79.9. The molecule has 0 aliphatic rings. The Morgan fingerprint density at radius 3 is 2.88 bits per heavy atom. The molecule has 0 atom stereocenters. The number of thiophene rings is 1. The number of hydrogen-bond donors (Lipinski definition) is 1. The Bertz CT molecular complexity index is 608. The highest BCUT2D eigenvalue weighted by Crippen LogP contribution is 2.37. The van der Waals surface area contributed by atoms with E-state index >= 15 is 0 Å². The van der Waals surface area contributed by atoms with Crippen LogP contribution < -0.4 is 0 Å². The van der Waals surface area contributed by atoms with Crippen molar-refractivity contribution in [1.82, 2.24) is 19.9 Å². The fourth-order valence-corrected chi connectivity index (χ4v) is 3.32. The lowest BCUT2D eigenvalue weighted by molar-refractivity contribution is 1.20. The summed E-state index contributed by atoms with van der Waals surface area (Å²) < 4.78 is 2.08. The number of imidazole rings is 1. The van der Waals surface area contributed by atoms with Crippen molar-refractivity contribution in [3.63, 3.8) is 0 Å². The van der Waals surface area contributed by atoms with Crippen LogP contribution in [0.15, 0.2) is 26.8 Å². The average Bonchev–Trinajstić information content (AvgIpc) is 2.83. The minimum atomic E-state index is 0.686. The minimum absolute atomic E-state index is 0.686. The molecule has 80 valence electrons. The van der Waals surface area contributed by atoms with Gasteiger partial charge in [-0.25, -0.2) is 15.0 Å². The molecular weight excluding hydrogens is 356 g/mol. The summed E-state index contributed by atoms with van der Waals surface area (Å²) in [5, 5.41) is 0. The van der Waals surface area contributed by atoms with Gasteiger partial charge in [0.25, 0.3) is 0 Å². The summed E-state index contributed by atoms with van der Waals surface area (Å²) in [5.74, 6) is 0.812. The molecule has 16 heavy (non-hydrogen) atoms. The van der Waals surface area contributed by atoms with E-state index in [9.17, 15) is 0 Å². The van der Waals surface area contributed by atoms with Gasteiger partial charge in [0, 0.05) is 4.47 Å². The number of halogens is 2. The molecule has 0 aromatic carbocycles. The van der Waals surface area contributed by atoms with E-state index in [0.717, 1.165) is 24.5 Å². The monoisotopic (exact) mass is 358 g/mol. The van der Waals surface area contributed by atoms with E-state index in [4.69, 9.17) is 0 Å². The maximum Gasteiger partial charge on any atom is 0.181 e. The molecule has 0 saturated heterocycles. The molecule has 0 fully saturated rings. The summed E-state index contributed by atoms with van der Waals surface area (Å²) in [4.78, 5) is 16.7. The molecular formula is C9H4Br2N4S. The molecule has 7 heteroatoms. The summed E-state index contributed by atoms with van der Waals surface area (Å²) in [6, 6.07) is 2.01. The van der Waals surface area contributed by atoms with Crippen molar-refractivity contribution in [3.05, 3.63) is 26.8 Å². The van der Waals surface area contributed by atoms with Crippen LogP contribution in [0, 0.1) is 0 Å². The second kappa shape index (κ2) is 3.90. The van der Waals surface area contributed by atoms with Crippen molar-refractivity contribution in [2.24, 2.45) is 0 Å². The predicted octanol–water partition coefficient (Wildman–Crippen LogP) is 3.61. The molecule has 3 heterocycles. The first-order chi connectivity index (χ1) is 7.74. The van der Waals surface area contributed by atoms with Gasteiger partial charge in [-0.2, -0.15) is 0 Å². The largest absolute Gasteiger partial charge is 0.335 e. The average molecular weight is 360 g/mol. The summed E-state index contributed by atoms with van der Waals surface area (Å²) in [6.07, 6.45) is 3.21. The van der Waals surface area contributed by atoms with Gasteiger partial charge in [-0.05, 0) is 37.9 Å². The van der Waals surface area contributed by atoms with Gasteiger partial charge in [-0.3, -0.25) is 0 Å². The number of aromatic amines is 1. The molecule has 3 rings (SSSR count). The van der Waals surface area contributed by atoms with Gasteiger partial charge < -0.3 is 4.98 Å². The SMILES string of the molecule is Brc1cc(-c2nc3ncncc3[nH]2)sc1Br. The number of nitrogens with one attached hydrogen (secondary N) is 1. The maximum atomic E-state index is 4.40. The van der Waals surface area contributed by atoms with Crippen LogP contribution in [0.2, 0.25) is 0 Å². The quantitative estimate of drug-likeness (QED) is 0.722. The molecule has 0 radical (unpaired) electrons. The number of nitrogens with zero attached hydrogens (tertiary/aromatic N) is 3. The third-order valence-electron chi connectivity index (χ3n) is 2.04. The third-order valence-corrected chi connectivity index (χ3v) is 5.30. The van der Waals surface area contributed by atoms with Crippen LogP contribution in [0.5, 0.6) is 0 Å². The van der Waals surface area contributed by atoms with Gasteiger partial charge in [0.2, 0.25) is 0 Å². The Morgan fingerprint density at radius 2 is 2.19 bits per heavy atom. The standard InChI is InChI=1S/C9H4Br2N4S/c10-4-1-6(16-7(4)11)9-14-5-2-12-3-13-8(5)15-9/h1-3H,(H,12,13,14,15). The van der Waals surface area contributed by atoms with Gasteiger partial charge >= 0.3 is 0 Å². The molecule has 0 aliphatic carbocycles. The topological polar surface area (TPSA) is 54.5 Å². The number of H-pyrrole nitrogens is 1. The summed E-state index contributed by atoms with van der Waals surface area (Å²) in [7, 11) is 0. The molecule has 3 aromatic rings.